The molecule has 0 amide bonds. The molecule has 0 atom stereocenters. The van der Waals surface area contributed by atoms with Crippen LogP contribution in [-0.4, -0.2) is 39.4 Å². The Kier molecular flexibility index (Phi) is 7.18. The zero-order valence-corrected chi connectivity index (χ0v) is 16.2. The number of nitrogens with one attached hydrogen (secondary N) is 2. The van der Waals surface area contributed by atoms with Crippen LogP contribution in [0.3, 0.4) is 0 Å². The van der Waals surface area contributed by atoms with Crippen molar-refractivity contribution in [3.63, 3.8) is 0 Å². The number of ether oxygens (including phenoxy) is 2. The maximum Gasteiger partial charge on any atom is 0.191 e. The molecule has 1 aromatic carbocycles. The molecule has 0 spiro atoms. The predicted molar refractivity (Wildman–Crippen MR) is 106 cm³/mol. The second-order valence-electron chi connectivity index (χ2n) is 7.59. The van der Waals surface area contributed by atoms with Gasteiger partial charge in [-0.2, -0.15) is 0 Å². The third kappa shape index (κ3) is 6.87. The molecular formula is C21H33N3O2. The van der Waals surface area contributed by atoms with Crippen LogP contribution in [0.5, 0.6) is 5.75 Å². The van der Waals surface area contributed by atoms with Crippen molar-refractivity contribution < 1.29 is 9.47 Å². The Morgan fingerprint density at radius 3 is 2.62 bits per heavy atom. The van der Waals surface area contributed by atoms with Gasteiger partial charge in [0.2, 0.25) is 0 Å². The van der Waals surface area contributed by atoms with Crippen molar-refractivity contribution in [2.24, 2.45) is 16.8 Å². The van der Waals surface area contributed by atoms with E-state index in [1.165, 1.54) is 36.8 Å². The second kappa shape index (κ2) is 9.81. The zero-order valence-electron chi connectivity index (χ0n) is 16.2. The summed E-state index contributed by atoms with van der Waals surface area (Å²) in [6.07, 6.45) is 6.30. The molecule has 5 nitrogen and oxygen atoms in total. The molecule has 2 N–H and O–H groups in total. The van der Waals surface area contributed by atoms with Crippen molar-refractivity contribution >= 4 is 5.96 Å². The van der Waals surface area contributed by atoms with E-state index in [-0.39, 0.29) is 0 Å². The first-order valence-corrected chi connectivity index (χ1v) is 9.99. The molecule has 0 heterocycles. The van der Waals surface area contributed by atoms with E-state index in [9.17, 15) is 0 Å². The summed E-state index contributed by atoms with van der Waals surface area (Å²) in [5.74, 6) is 3.41. The van der Waals surface area contributed by atoms with Crippen LogP contribution in [0.25, 0.3) is 0 Å². The van der Waals surface area contributed by atoms with Crippen LogP contribution in [0, 0.1) is 18.8 Å². The summed E-state index contributed by atoms with van der Waals surface area (Å²) in [5, 5.41) is 6.74. The van der Waals surface area contributed by atoms with Crippen molar-refractivity contribution in [2.45, 2.75) is 45.6 Å². The fourth-order valence-electron chi connectivity index (χ4n) is 2.75. The fraction of sp³-hybridized carbons (Fsp3) is 0.667. The number of aliphatic imine (C=N–C) groups is 1. The molecule has 0 bridgehead atoms. The summed E-state index contributed by atoms with van der Waals surface area (Å²) < 4.78 is 11.7. The van der Waals surface area contributed by atoms with E-state index >= 15 is 0 Å². The van der Waals surface area contributed by atoms with E-state index in [1.54, 1.807) is 7.05 Å². The highest BCUT2D eigenvalue weighted by molar-refractivity contribution is 5.79. The molecule has 1 aromatic rings. The van der Waals surface area contributed by atoms with E-state index in [0.29, 0.717) is 6.54 Å². The van der Waals surface area contributed by atoms with Crippen molar-refractivity contribution in [2.75, 3.05) is 33.4 Å². The first kappa shape index (κ1) is 19.0. The number of hydrogen-bond acceptors (Lipinski definition) is 3. The lowest BCUT2D eigenvalue weighted by atomic mass is 10.1. The van der Waals surface area contributed by atoms with Crippen molar-refractivity contribution in [1.82, 2.24) is 10.6 Å². The minimum absolute atomic E-state index is 0.706. The van der Waals surface area contributed by atoms with E-state index < -0.39 is 0 Å². The van der Waals surface area contributed by atoms with Gasteiger partial charge in [-0.1, -0.05) is 12.1 Å². The Morgan fingerprint density at radius 2 is 1.88 bits per heavy atom. The normalized spacial score (nSPS) is 17.2. The van der Waals surface area contributed by atoms with Crippen molar-refractivity contribution in [1.29, 1.82) is 0 Å². The summed E-state index contributed by atoms with van der Waals surface area (Å²) in [6.45, 7) is 6.26. The van der Waals surface area contributed by atoms with E-state index in [1.807, 2.05) is 0 Å². The van der Waals surface area contributed by atoms with Crippen LogP contribution in [0.15, 0.2) is 23.2 Å². The van der Waals surface area contributed by atoms with Gasteiger partial charge in [0.1, 0.15) is 5.75 Å². The fourth-order valence-corrected chi connectivity index (χ4v) is 2.75. The van der Waals surface area contributed by atoms with Gasteiger partial charge in [0.15, 0.2) is 5.96 Å². The molecule has 3 rings (SSSR count). The van der Waals surface area contributed by atoms with Gasteiger partial charge in [0.25, 0.3) is 0 Å². The Bertz CT molecular complexity index is 595. The quantitative estimate of drug-likeness (QED) is 0.362. The number of hydrogen-bond donors (Lipinski definition) is 2. The van der Waals surface area contributed by atoms with Crippen molar-refractivity contribution in [3.05, 3.63) is 29.3 Å². The molecule has 2 aliphatic rings. The largest absolute Gasteiger partial charge is 0.493 e. The lowest BCUT2D eigenvalue weighted by Gasteiger charge is -2.15. The summed E-state index contributed by atoms with van der Waals surface area (Å²) in [4.78, 5) is 4.30. The molecule has 5 heteroatoms. The highest BCUT2D eigenvalue weighted by Gasteiger charge is 2.22. The topological polar surface area (TPSA) is 54.9 Å². The maximum absolute atomic E-state index is 6.04. The SMILES string of the molecule is CN=C(NCCCOCC1CC1)NCc1ccc(C)cc1OCC1CC1. The van der Waals surface area contributed by atoms with Gasteiger partial charge in [0.05, 0.1) is 6.61 Å². The molecule has 0 unspecified atom stereocenters. The van der Waals surface area contributed by atoms with Crippen LogP contribution in [0.2, 0.25) is 0 Å². The lowest BCUT2D eigenvalue weighted by molar-refractivity contribution is 0.123. The van der Waals surface area contributed by atoms with Gasteiger partial charge in [-0.15, -0.1) is 0 Å². The summed E-state index contributed by atoms with van der Waals surface area (Å²) in [7, 11) is 1.80. The van der Waals surface area contributed by atoms with E-state index in [4.69, 9.17) is 9.47 Å². The van der Waals surface area contributed by atoms with Crippen LogP contribution in [-0.2, 0) is 11.3 Å². The Labute approximate surface area is 157 Å². The Balaban J connectivity index is 1.37. The zero-order chi connectivity index (χ0) is 18.2. The summed E-state index contributed by atoms with van der Waals surface area (Å²) in [5.41, 5.74) is 2.40. The number of benzene rings is 1. The first-order valence-electron chi connectivity index (χ1n) is 9.99. The van der Waals surface area contributed by atoms with Crippen LogP contribution >= 0.6 is 0 Å². The minimum Gasteiger partial charge on any atom is -0.493 e. The predicted octanol–water partition coefficient (Wildman–Crippen LogP) is 3.27. The molecule has 0 radical (unpaired) electrons. The second-order valence-corrected chi connectivity index (χ2v) is 7.59. The third-order valence-corrected chi connectivity index (χ3v) is 4.87. The van der Waals surface area contributed by atoms with Gasteiger partial charge >= 0.3 is 0 Å². The Hall–Kier alpha value is -1.75. The molecule has 0 aromatic heterocycles. The average Bonchev–Trinajstić information content (AvgIpc) is 3.54. The molecule has 2 saturated carbocycles. The minimum atomic E-state index is 0.706. The van der Waals surface area contributed by atoms with Gasteiger partial charge in [-0.25, -0.2) is 0 Å². The molecule has 2 aliphatic carbocycles. The molecular weight excluding hydrogens is 326 g/mol. The summed E-state index contributed by atoms with van der Waals surface area (Å²) in [6, 6.07) is 6.41. The van der Waals surface area contributed by atoms with E-state index in [2.05, 4.69) is 40.7 Å². The molecule has 0 saturated heterocycles. The molecule has 144 valence electrons. The number of guanidine groups is 1. The molecule has 0 aliphatic heterocycles. The van der Waals surface area contributed by atoms with Crippen LogP contribution in [0.4, 0.5) is 0 Å². The van der Waals surface area contributed by atoms with Crippen LogP contribution < -0.4 is 15.4 Å². The first-order chi connectivity index (χ1) is 12.7. The number of rotatable bonds is 11. The monoisotopic (exact) mass is 359 g/mol. The van der Waals surface area contributed by atoms with Gasteiger partial charge < -0.3 is 20.1 Å². The summed E-state index contributed by atoms with van der Waals surface area (Å²) >= 11 is 0. The standard InChI is InChI=1S/C21H33N3O2/c1-16-4-9-19(20(12-16)26-15-18-7-8-18)13-24-21(22-2)23-10-3-11-25-14-17-5-6-17/h4,9,12,17-18H,3,5-8,10-11,13-15H2,1-2H3,(H2,22,23,24). The maximum atomic E-state index is 6.04. The van der Waals surface area contributed by atoms with Gasteiger partial charge in [-0.05, 0) is 62.5 Å². The Morgan fingerprint density at radius 1 is 1.12 bits per heavy atom. The molecule has 2 fully saturated rings. The van der Waals surface area contributed by atoms with E-state index in [0.717, 1.165) is 56.3 Å². The van der Waals surface area contributed by atoms with Crippen molar-refractivity contribution in [3.8, 4) is 5.75 Å². The van der Waals surface area contributed by atoms with Gasteiger partial charge in [-0.3, -0.25) is 4.99 Å². The third-order valence-electron chi connectivity index (χ3n) is 4.87. The lowest BCUT2D eigenvalue weighted by Crippen LogP contribution is -2.37. The highest BCUT2D eigenvalue weighted by Crippen LogP contribution is 2.30. The number of nitrogens with zero attached hydrogens (tertiary/aromatic N) is 1. The average molecular weight is 360 g/mol. The highest BCUT2D eigenvalue weighted by atomic mass is 16.5. The number of aryl methyl sites for hydroxylation is 1. The smallest absolute Gasteiger partial charge is 0.191 e. The van der Waals surface area contributed by atoms with Gasteiger partial charge in [0, 0.05) is 38.9 Å². The molecule has 26 heavy (non-hydrogen) atoms. The van der Waals surface area contributed by atoms with Crippen LogP contribution in [0.1, 0.15) is 43.2 Å².